The zero-order valence-electron chi connectivity index (χ0n) is 10.7. The molecule has 20 heavy (non-hydrogen) atoms. The molecule has 1 unspecified atom stereocenters. The van der Waals surface area contributed by atoms with E-state index in [4.69, 9.17) is 11.6 Å². The topological polar surface area (TPSA) is 33.2 Å². The van der Waals surface area contributed by atoms with Gasteiger partial charge >= 0.3 is 6.18 Å². The highest BCUT2D eigenvalue weighted by Crippen LogP contribution is 2.28. The molecule has 1 fully saturated rings. The summed E-state index contributed by atoms with van der Waals surface area (Å²) in [4.78, 5) is 17.3. The van der Waals surface area contributed by atoms with Crippen LogP contribution in [0.4, 0.5) is 13.2 Å². The highest BCUT2D eigenvalue weighted by molar-refractivity contribution is 6.17. The Labute approximate surface area is 119 Å². The summed E-state index contributed by atoms with van der Waals surface area (Å²) in [5.41, 5.74) is -0.806. The van der Waals surface area contributed by atoms with Gasteiger partial charge in [0.05, 0.1) is 5.56 Å². The predicted molar refractivity (Wildman–Crippen MR) is 68.6 cm³/mol. The van der Waals surface area contributed by atoms with Gasteiger partial charge in [0.25, 0.3) is 5.91 Å². The van der Waals surface area contributed by atoms with Crippen LogP contribution in [-0.4, -0.2) is 34.8 Å². The number of pyridine rings is 1. The number of nitrogens with zero attached hydrogens (tertiary/aromatic N) is 2. The number of hydrogen-bond donors (Lipinski definition) is 0. The molecule has 0 spiro atoms. The summed E-state index contributed by atoms with van der Waals surface area (Å²) in [6.07, 6.45) is -2.03. The van der Waals surface area contributed by atoms with Gasteiger partial charge in [-0.2, -0.15) is 13.2 Å². The Kier molecular flexibility index (Phi) is 4.52. The monoisotopic (exact) mass is 306 g/mol. The smallest absolute Gasteiger partial charge is 0.337 e. The van der Waals surface area contributed by atoms with E-state index in [-0.39, 0.29) is 11.6 Å². The molecule has 1 aliphatic heterocycles. The van der Waals surface area contributed by atoms with Crippen molar-refractivity contribution < 1.29 is 18.0 Å². The van der Waals surface area contributed by atoms with Crippen molar-refractivity contribution in [1.82, 2.24) is 9.88 Å². The van der Waals surface area contributed by atoms with Gasteiger partial charge in [0, 0.05) is 25.2 Å². The van der Waals surface area contributed by atoms with Crippen LogP contribution in [0.1, 0.15) is 28.9 Å². The number of halogens is 4. The predicted octanol–water partition coefficient (Wildman–Crippen LogP) is 3.19. The molecule has 0 bridgehead atoms. The zero-order chi connectivity index (χ0) is 14.8. The summed E-state index contributed by atoms with van der Waals surface area (Å²) >= 11 is 5.66. The van der Waals surface area contributed by atoms with E-state index >= 15 is 0 Å². The van der Waals surface area contributed by atoms with Crippen molar-refractivity contribution in [2.45, 2.75) is 19.0 Å². The van der Waals surface area contributed by atoms with Gasteiger partial charge in [0.15, 0.2) is 0 Å². The Morgan fingerprint density at radius 2 is 2.20 bits per heavy atom. The maximum absolute atomic E-state index is 12.4. The van der Waals surface area contributed by atoms with Crippen LogP contribution in [0.15, 0.2) is 18.3 Å². The highest BCUT2D eigenvalue weighted by atomic mass is 35.5. The van der Waals surface area contributed by atoms with Crippen LogP contribution in [0.5, 0.6) is 0 Å². The lowest BCUT2D eigenvalue weighted by molar-refractivity contribution is -0.137. The Hall–Kier alpha value is -1.30. The number of aromatic nitrogens is 1. The Morgan fingerprint density at radius 1 is 1.45 bits per heavy atom. The molecule has 2 rings (SSSR count). The van der Waals surface area contributed by atoms with Gasteiger partial charge in [-0.3, -0.25) is 9.78 Å². The van der Waals surface area contributed by atoms with Crippen molar-refractivity contribution in [3.05, 3.63) is 29.6 Å². The third-order valence-corrected chi connectivity index (χ3v) is 3.62. The van der Waals surface area contributed by atoms with Crippen molar-refractivity contribution in [1.29, 1.82) is 0 Å². The van der Waals surface area contributed by atoms with Crippen LogP contribution in [0, 0.1) is 5.92 Å². The molecule has 0 radical (unpaired) electrons. The lowest BCUT2D eigenvalue weighted by atomic mass is 10.1. The van der Waals surface area contributed by atoms with E-state index in [0.717, 1.165) is 25.0 Å². The van der Waals surface area contributed by atoms with E-state index < -0.39 is 11.7 Å². The van der Waals surface area contributed by atoms with Crippen molar-refractivity contribution in [3.8, 4) is 0 Å². The van der Waals surface area contributed by atoms with Crippen molar-refractivity contribution in [2.24, 2.45) is 5.92 Å². The first-order chi connectivity index (χ1) is 9.41. The fourth-order valence-electron chi connectivity index (χ4n) is 2.26. The van der Waals surface area contributed by atoms with Crippen LogP contribution in [0.3, 0.4) is 0 Å². The van der Waals surface area contributed by atoms with Gasteiger partial charge in [-0.05, 0) is 30.9 Å². The maximum Gasteiger partial charge on any atom is 0.417 e. The third-order valence-electron chi connectivity index (χ3n) is 3.40. The van der Waals surface area contributed by atoms with Gasteiger partial charge in [0.2, 0.25) is 0 Å². The number of alkyl halides is 4. The molecule has 3 nitrogen and oxygen atoms in total. The molecule has 0 aromatic carbocycles. The molecule has 1 aromatic rings. The summed E-state index contributed by atoms with van der Waals surface area (Å²) < 4.78 is 37.2. The standard InChI is InChI=1S/C13H14ClF3N2O/c14-5-3-9-4-6-19(8-9)12(20)11-2-1-10(7-18-11)13(15,16)17/h1-2,7,9H,3-6,8H2. The van der Waals surface area contributed by atoms with E-state index in [1.807, 2.05) is 0 Å². The molecule has 1 aliphatic rings. The third kappa shape index (κ3) is 3.42. The fourth-order valence-corrected chi connectivity index (χ4v) is 2.57. The fraction of sp³-hybridized carbons (Fsp3) is 0.538. The Balaban J connectivity index is 2.03. The lowest BCUT2D eigenvalue weighted by Crippen LogP contribution is -2.29. The molecule has 0 aliphatic carbocycles. The maximum atomic E-state index is 12.4. The Bertz CT molecular complexity index is 475. The van der Waals surface area contributed by atoms with Crippen LogP contribution < -0.4 is 0 Å². The number of carbonyl (C=O) groups is 1. The second kappa shape index (κ2) is 5.99. The average molecular weight is 307 g/mol. The normalized spacial score (nSPS) is 19.4. The van der Waals surface area contributed by atoms with Gasteiger partial charge in [-0.25, -0.2) is 0 Å². The summed E-state index contributed by atoms with van der Waals surface area (Å²) in [5, 5.41) is 0. The molecule has 1 atom stereocenters. The Morgan fingerprint density at radius 3 is 2.75 bits per heavy atom. The summed E-state index contributed by atoms with van der Waals surface area (Å²) in [6.45, 7) is 1.19. The molecule has 110 valence electrons. The van der Waals surface area contributed by atoms with Crippen molar-refractivity contribution in [2.75, 3.05) is 19.0 Å². The number of rotatable bonds is 3. The zero-order valence-corrected chi connectivity index (χ0v) is 11.4. The number of likely N-dealkylation sites (tertiary alicyclic amines) is 1. The van der Waals surface area contributed by atoms with Crippen molar-refractivity contribution in [3.63, 3.8) is 0 Å². The quantitative estimate of drug-likeness (QED) is 0.804. The second-order valence-corrected chi connectivity index (χ2v) is 5.19. The van der Waals surface area contributed by atoms with Gasteiger partial charge in [-0.15, -0.1) is 11.6 Å². The van der Waals surface area contributed by atoms with Crippen LogP contribution in [-0.2, 0) is 6.18 Å². The summed E-state index contributed by atoms with van der Waals surface area (Å²) in [6, 6.07) is 2.01. The molecule has 0 saturated carbocycles. The van der Waals surface area contributed by atoms with Crippen LogP contribution in [0.2, 0.25) is 0 Å². The molecule has 1 saturated heterocycles. The number of hydrogen-bond acceptors (Lipinski definition) is 2. The number of carbonyl (C=O) groups excluding carboxylic acids is 1. The van der Waals surface area contributed by atoms with E-state index in [2.05, 4.69) is 4.98 Å². The minimum Gasteiger partial charge on any atom is -0.337 e. The first kappa shape index (κ1) is 15.1. The minimum atomic E-state index is -4.44. The van der Waals surface area contributed by atoms with Crippen LogP contribution in [0.25, 0.3) is 0 Å². The average Bonchev–Trinajstić information content (AvgIpc) is 2.86. The van der Waals surface area contributed by atoms with Crippen LogP contribution >= 0.6 is 11.6 Å². The van der Waals surface area contributed by atoms with E-state index in [0.29, 0.717) is 31.1 Å². The van der Waals surface area contributed by atoms with E-state index in [9.17, 15) is 18.0 Å². The number of amides is 1. The van der Waals surface area contributed by atoms with E-state index in [1.54, 1.807) is 4.90 Å². The molecule has 1 amide bonds. The van der Waals surface area contributed by atoms with Gasteiger partial charge < -0.3 is 4.90 Å². The van der Waals surface area contributed by atoms with E-state index in [1.165, 1.54) is 0 Å². The molecular weight excluding hydrogens is 293 g/mol. The second-order valence-electron chi connectivity index (χ2n) is 4.81. The molecule has 7 heteroatoms. The minimum absolute atomic E-state index is 0.0459. The molecular formula is C13H14ClF3N2O. The summed E-state index contributed by atoms with van der Waals surface area (Å²) in [7, 11) is 0. The highest BCUT2D eigenvalue weighted by Gasteiger charge is 2.32. The summed E-state index contributed by atoms with van der Waals surface area (Å²) in [5.74, 6) is 0.590. The molecule has 0 N–H and O–H groups in total. The lowest BCUT2D eigenvalue weighted by Gasteiger charge is -2.16. The van der Waals surface area contributed by atoms with Crippen molar-refractivity contribution >= 4 is 17.5 Å². The van der Waals surface area contributed by atoms with Gasteiger partial charge in [0.1, 0.15) is 5.69 Å². The van der Waals surface area contributed by atoms with Gasteiger partial charge in [-0.1, -0.05) is 0 Å². The molecule has 1 aromatic heterocycles. The SMILES string of the molecule is O=C(c1ccc(C(F)(F)F)cn1)N1CCC(CCCl)C1. The molecule has 2 heterocycles. The first-order valence-corrected chi connectivity index (χ1v) is 6.83. The first-order valence-electron chi connectivity index (χ1n) is 6.30. The largest absolute Gasteiger partial charge is 0.417 e.